The number of hydrogen-bond acceptors (Lipinski definition) is 6. The van der Waals surface area contributed by atoms with Gasteiger partial charge in [-0.3, -0.25) is 4.79 Å². The maximum atomic E-state index is 12.3. The van der Waals surface area contributed by atoms with Gasteiger partial charge in [-0.2, -0.15) is 0 Å². The number of likely N-dealkylation sites (N-methyl/N-ethyl adjacent to an activating group) is 1. The standard InChI is InChI=1S/C22H23ClN2O5/c1-25(2)9-8-24-21(26)17-10-16-11-18(23)20(12-19(16)30-22(17)27)29-14-28-13-15-6-4-3-5-7-15/h3-7,10-12H,8-9,13-14H2,1-2H3,(H,24,26). The summed E-state index contributed by atoms with van der Waals surface area (Å²) in [6.07, 6.45) is 0. The molecule has 0 fully saturated rings. The molecular formula is C22H23ClN2O5. The van der Waals surface area contributed by atoms with E-state index in [4.69, 9.17) is 25.5 Å². The Morgan fingerprint density at radius 1 is 1.17 bits per heavy atom. The van der Waals surface area contributed by atoms with Crippen molar-refractivity contribution in [1.82, 2.24) is 10.2 Å². The van der Waals surface area contributed by atoms with Crippen LogP contribution >= 0.6 is 11.6 Å². The van der Waals surface area contributed by atoms with E-state index in [1.54, 1.807) is 6.07 Å². The van der Waals surface area contributed by atoms with Gasteiger partial charge in [-0.15, -0.1) is 0 Å². The van der Waals surface area contributed by atoms with E-state index in [0.29, 0.717) is 35.9 Å². The zero-order valence-corrected chi connectivity index (χ0v) is 17.6. The maximum Gasteiger partial charge on any atom is 0.349 e. The van der Waals surface area contributed by atoms with Gasteiger partial charge in [0.15, 0.2) is 6.79 Å². The molecule has 0 aliphatic heterocycles. The van der Waals surface area contributed by atoms with Crippen LogP contribution in [0, 0.1) is 0 Å². The van der Waals surface area contributed by atoms with Gasteiger partial charge in [0.25, 0.3) is 5.91 Å². The molecule has 0 atom stereocenters. The molecule has 8 heteroatoms. The zero-order chi connectivity index (χ0) is 21.5. The Hall–Kier alpha value is -2.87. The molecule has 158 valence electrons. The molecule has 2 aromatic carbocycles. The highest BCUT2D eigenvalue weighted by atomic mass is 35.5. The Balaban J connectivity index is 1.67. The number of carbonyl (C=O) groups excluding carboxylic acids is 1. The number of benzene rings is 2. The van der Waals surface area contributed by atoms with E-state index in [1.165, 1.54) is 12.1 Å². The SMILES string of the molecule is CN(C)CCNC(=O)c1cc2cc(Cl)c(OCOCc3ccccc3)cc2oc1=O. The first-order valence-corrected chi connectivity index (χ1v) is 9.76. The van der Waals surface area contributed by atoms with Crippen molar-refractivity contribution in [3.8, 4) is 5.75 Å². The molecule has 3 rings (SSSR count). The third-order valence-corrected chi connectivity index (χ3v) is 4.58. The number of nitrogens with zero attached hydrogens (tertiary/aromatic N) is 1. The lowest BCUT2D eigenvalue weighted by molar-refractivity contribution is 0.00513. The Labute approximate surface area is 179 Å². The van der Waals surface area contributed by atoms with Gasteiger partial charge in [0.1, 0.15) is 16.9 Å². The Kier molecular flexibility index (Phi) is 7.46. The normalized spacial score (nSPS) is 11.1. The van der Waals surface area contributed by atoms with Gasteiger partial charge < -0.3 is 24.1 Å². The second kappa shape index (κ2) is 10.2. The zero-order valence-electron chi connectivity index (χ0n) is 16.8. The van der Waals surface area contributed by atoms with Crippen molar-refractivity contribution in [3.05, 3.63) is 75.1 Å². The summed E-state index contributed by atoms with van der Waals surface area (Å²) in [5.41, 5.74) is 0.496. The van der Waals surface area contributed by atoms with Crippen molar-refractivity contribution in [3.63, 3.8) is 0 Å². The molecule has 0 spiro atoms. The molecule has 0 saturated heterocycles. The predicted molar refractivity (Wildman–Crippen MR) is 115 cm³/mol. The third-order valence-electron chi connectivity index (χ3n) is 4.29. The molecule has 0 aliphatic carbocycles. The summed E-state index contributed by atoms with van der Waals surface area (Å²) in [7, 11) is 3.79. The molecule has 0 saturated carbocycles. The molecule has 7 nitrogen and oxygen atoms in total. The van der Waals surface area contributed by atoms with Gasteiger partial charge in [-0.05, 0) is 31.8 Å². The van der Waals surface area contributed by atoms with Crippen molar-refractivity contribution < 1.29 is 18.7 Å². The quantitative estimate of drug-likeness (QED) is 0.319. The fourth-order valence-electron chi connectivity index (χ4n) is 2.72. The number of amides is 1. The van der Waals surface area contributed by atoms with Gasteiger partial charge in [-0.1, -0.05) is 41.9 Å². The fraction of sp³-hybridized carbons (Fsp3) is 0.273. The van der Waals surface area contributed by atoms with Crippen molar-refractivity contribution in [2.75, 3.05) is 34.0 Å². The summed E-state index contributed by atoms with van der Waals surface area (Å²) in [6, 6.07) is 14.3. The second-order valence-electron chi connectivity index (χ2n) is 6.92. The minimum Gasteiger partial charge on any atom is -0.466 e. The van der Waals surface area contributed by atoms with Crippen molar-refractivity contribution >= 4 is 28.5 Å². The average Bonchev–Trinajstić information content (AvgIpc) is 2.71. The van der Waals surface area contributed by atoms with Crippen LogP contribution in [0.15, 0.2) is 57.7 Å². The Morgan fingerprint density at radius 2 is 1.93 bits per heavy atom. The summed E-state index contributed by atoms with van der Waals surface area (Å²) in [5.74, 6) is -0.165. The number of rotatable bonds is 9. The van der Waals surface area contributed by atoms with E-state index in [1.807, 2.05) is 49.3 Å². The number of halogens is 1. The Morgan fingerprint density at radius 3 is 2.67 bits per heavy atom. The van der Waals surface area contributed by atoms with Crippen LogP contribution in [-0.4, -0.2) is 44.8 Å². The van der Waals surface area contributed by atoms with E-state index >= 15 is 0 Å². The van der Waals surface area contributed by atoms with Crippen LogP contribution in [0.25, 0.3) is 11.0 Å². The summed E-state index contributed by atoms with van der Waals surface area (Å²) in [4.78, 5) is 26.4. The molecule has 0 radical (unpaired) electrons. The number of fused-ring (bicyclic) bond motifs is 1. The largest absolute Gasteiger partial charge is 0.466 e. The lowest BCUT2D eigenvalue weighted by Gasteiger charge is -2.11. The third kappa shape index (κ3) is 5.82. The van der Waals surface area contributed by atoms with Crippen LogP contribution in [-0.2, 0) is 11.3 Å². The van der Waals surface area contributed by atoms with Crippen molar-refractivity contribution in [2.24, 2.45) is 0 Å². The minimum absolute atomic E-state index is 0.0171. The van der Waals surface area contributed by atoms with E-state index in [0.717, 1.165) is 5.56 Å². The van der Waals surface area contributed by atoms with Gasteiger partial charge in [0, 0.05) is 24.5 Å². The van der Waals surface area contributed by atoms with Crippen LogP contribution in [0.5, 0.6) is 5.75 Å². The van der Waals surface area contributed by atoms with Crippen LogP contribution in [0.2, 0.25) is 5.02 Å². The molecule has 1 N–H and O–H groups in total. The second-order valence-corrected chi connectivity index (χ2v) is 7.33. The summed E-state index contributed by atoms with van der Waals surface area (Å²) >= 11 is 6.28. The fourth-order valence-corrected chi connectivity index (χ4v) is 2.94. The summed E-state index contributed by atoms with van der Waals surface area (Å²) in [5, 5.41) is 3.54. The maximum absolute atomic E-state index is 12.3. The van der Waals surface area contributed by atoms with E-state index in [-0.39, 0.29) is 17.9 Å². The molecule has 1 heterocycles. The molecule has 0 unspecified atom stereocenters. The van der Waals surface area contributed by atoms with Crippen LogP contribution in [0.3, 0.4) is 0 Å². The molecule has 1 amide bonds. The molecule has 0 aliphatic rings. The monoisotopic (exact) mass is 430 g/mol. The van der Waals surface area contributed by atoms with E-state index in [9.17, 15) is 9.59 Å². The minimum atomic E-state index is -0.724. The molecule has 3 aromatic rings. The average molecular weight is 431 g/mol. The highest BCUT2D eigenvalue weighted by molar-refractivity contribution is 6.32. The predicted octanol–water partition coefficient (Wildman–Crippen LogP) is 3.29. The van der Waals surface area contributed by atoms with Crippen LogP contribution in [0.1, 0.15) is 15.9 Å². The smallest absolute Gasteiger partial charge is 0.349 e. The highest BCUT2D eigenvalue weighted by Gasteiger charge is 2.15. The highest BCUT2D eigenvalue weighted by Crippen LogP contribution is 2.30. The number of hydrogen-bond donors (Lipinski definition) is 1. The molecule has 30 heavy (non-hydrogen) atoms. The van der Waals surface area contributed by atoms with Crippen molar-refractivity contribution in [1.29, 1.82) is 0 Å². The van der Waals surface area contributed by atoms with Crippen LogP contribution in [0.4, 0.5) is 0 Å². The number of ether oxygens (including phenoxy) is 2. The van der Waals surface area contributed by atoms with E-state index in [2.05, 4.69) is 5.32 Å². The number of carbonyl (C=O) groups is 1. The first-order chi connectivity index (χ1) is 14.4. The molecule has 0 bridgehead atoms. The summed E-state index contributed by atoms with van der Waals surface area (Å²) < 4.78 is 16.4. The van der Waals surface area contributed by atoms with Gasteiger partial charge in [-0.25, -0.2) is 4.79 Å². The van der Waals surface area contributed by atoms with Gasteiger partial charge in [0.05, 0.1) is 11.6 Å². The van der Waals surface area contributed by atoms with Gasteiger partial charge >= 0.3 is 5.63 Å². The first kappa shape index (κ1) is 21.8. The summed E-state index contributed by atoms with van der Waals surface area (Å²) in [6.45, 7) is 1.45. The van der Waals surface area contributed by atoms with Gasteiger partial charge in [0.2, 0.25) is 0 Å². The topological polar surface area (TPSA) is 81.0 Å². The molecular weight excluding hydrogens is 408 g/mol. The first-order valence-electron chi connectivity index (χ1n) is 9.39. The lowest BCUT2D eigenvalue weighted by atomic mass is 10.1. The molecule has 1 aromatic heterocycles. The van der Waals surface area contributed by atoms with Crippen LogP contribution < -0.4 is 15.7 Å². The van der Waals surface area contributed by atoms with Crippen molar-refractivity contribution in [2.45, 2.75) is 6.61 Å². The van der Waals surface area contributed by atoms with E-state index < -0.39 is 11.5 Å². The number of nitrogens with one attached hydrogen (secondary N) is 1. The lowest BCUT2D eigenvalue weighted by Crippen LogP contribution is -2.33. The Bertz CT molecular complexity index is 1070.